The molecule has 21 heavy (non-hydrogen) atoms. The van der Waals surface area contributed by atoms with Crippen molar-refractivity contribution in [1.82, 2.24) is 5.32 Å². The summed E-state index contributed by atoms with van der Waals surface area (Å²) >= 11 is 0. The van der Waals surface area contributed by atoms with E-state index in [-0.39, 0.29) is 5.78 Å². The summed E-state index contributed by atoms with van der Waals surface area (Å²) in [7, 11) is 1.95. The molecule has 0 aromatic heterocycles. The quantitative estimate of drug-likeness (QED) is 0.590. The Bertz CT molecular complexity index is 497. The van der Waals surface area contributed by atoms with E-state index in [2.05, 4.69) is 5.32 Å². The van der Waals surface area contributed by atoms with Gasteiger partial charge < -0.3 is 14.8 Å². The minimum atomic E-state index is 0.175. The molecule has 0 spiro atoms. The number of rotatable bonds is 8. The number of fused-ring (bicyclic) bond motifs is 1. The van der Waals surface area contributed by atoms with Gasteiger partial charge in [0.05, 0.1) is 0 Å². The van der Waals surface area contributed by atoms with Gasteiger partial charge in [-0.25, -0.2) is 0 Å². The Hall–Kier alpha value is -1.81. The van der Waals surface area contributed by atoms with Crippen LogP contribution in [0.5, 0.6) is 11.5 Å². The first-order valence-electron chi connectivity index (χ1n) is 7.55. The second kappa shape index (κ2) is 8.47. The van der Waals surface area contributed by atoms with Crippen molar-refractivity contribution in [2.45, 2.75) is 25.7 Å². The average Bonchev–Trinajstić information content (AvgIpc) is 2.52. The van der Waals surface area contributed by atoms with E-state index in [1.54, 1.807) is 6.08 Å². The zero-order chi connectivity index (χ0) is 14.9. The smallest absolute Gasteiger partial charge is 0.161 e. The van der Waals surface area contributed by atoms with Crippen LogP contribution in [0.25, 0.3) is 6.08 Å². The van der Waals surface area contributed by atoms with Crippen LogP contribution >= 0.6 is 0 Å². The maximum absolute atomic E-state index is 11.8. The summed E-state index contributed by atoms with van der Waals surface area (Å²) in [4.78, 5) is 11.8. The van der Waals surface area contributed by atoms with E-state index in [1.165, 1.54) is 0 Å². The standard InChI is InChI=1S/C17H23NO3/c1-18-10-4-2-3-5-15(19)8-6-14-7-9-16-17(13-14)21-12-11-20-16/h6-9,13,18H,2-5,10-12H2,1H3/b8-6+. The number of unbranched alkanes of at least 4 members (excludes halogenated alkanes) is 2. The number of allylic oxidation sites excluding steroid dienone is 1. The maximum Gasteiger partial charge on any atom is 0.161 e. The molecule has 4 heteroatoms. The highest BCUT2D eigenvalue weighted by atomic mass is 16.6. The number of hydrogen-bond donors (Lipinski definition) is 1. The number of hydrogen-bond acceptors (Lipinski definition) is 4. The molecular formula is C17H23NO3. The van der Waals surface area contributed by atoms with Crippen molar-refractivity contribution >= 4 is 11.9 Å². The number of nitrogens with one attached hydrogen (secondary N) is 1. The van der Waals surface area contributed by atoms with Crippen molar-refractivity contribution in [3.8, 4) is 11.5 Å². The van der Waals surface area contributed by atoms with Gasteiger partial charge in [0.2, 0.25) is 0 Å². The lowest BCUT2D eigenvalue weighted by molar-refractivity contribution is -0.114. The van der Waals surface area contributed by atoms with Crippen molar-refractivity contribution < 1.29 is 14.3 Å². The first kappa shape index (κ1) is 15.6. The Labute approximate surface area is 126 Å². The van der Waals surface area contributed by atoms with Crippen molar-refractivity contribution in [1.29, 1.82) is 0 Å². The highest BCUT2D eigenvalue weighted by Crippen LogP contribution is 2.31. The zero-order valence-corrected chi connectivity index (χ0v) is 12.6. The highest BCUT2D eigenvalue weighted by Gasteiger charge is 2.10. The summed E-state index contributed by atoms with van der Waals surface area (Å²) in [5, 5.41) is 3.11. The second-order valence-electron chi connectivity index (χ2n) is 5.12. The number of carbonyl (C=O) groups is 1. The van der Waals surface area contributed by atoms with Gasteiger partial charge in [0.1, 0.15) is 13.2 Å². The van der Waals surface area contributed by atoms with E-state index in [0.717, 1.165) is 42.9 Å². The lowest BCUT2D eigenvalue weighted by Gasteiger charge is -2.18. The third-order valence-corrected chi connectivity index (χ3v) is 3.38. The van der Waals surface area contributed by atoms with E-state index in [0.29, 0.717) is 19.6 Å². The molecule has 1 N–H and O–H groups in total. The molecule has 114 valence electrons. The number of ketones is 1. The normalized spacial score (nSPS) is 13.6. The molecule has 1 aliphatic heterocycles. The van der Waals surface area contributed by atoms with Gasteiger partial charge in [-0.3, -0.25) is 4.79 Å². The molecule has 0 atom stereocenters. The van der Waals surface area contributed by atoms with E-state index in [1.807, 2.05) is 31.3 Å². The van der Waals surface area contributed by atoms with Gasteiger partial charge in [-0.05, 0) is 50.2 Å². The van der Waals surface area contributed by atoms with Gasteiger partial charge in [0, 0.05) is 6.42 Å². The van der Waals surface area contributed by atoms with E-state index >= 15 is 0 Å². The minimum Gasteiger partial charge on any atom is -0.486 e. The van der Waals surface area contributed by atoms with Gasteiger partial charge in [-0.1, -0.05) is 18.6 Å². The third-order valence-electron chi connectivity index (χ3n) is 3.38. The molecule has 0 radical (unpaired) electrons. The molecule has 4 nitrogen and oxygen atoms in total. The molecule has 1 aliphatic rings. The fourth-order valence-corrected chi connectivity index (χ4v) is 2.21. The molecule has 2 rings (SSSR count). The van der Waals surface area contributed by atoms with Crippen molar-refractivity contribution in [3.63, 3.8) is 0 Å². The molecule has 0 amide bonds. The van der Waals surface area contributed by atoms with Crippen LogP contribution in [0.15, 0.2) is 24.3 Å². The topological polar surface area (TPSA) is 47.6 Å². The molecular weight excluding hydrogens is 266 g/mol. The Morgan fingerprint density at radius 1 is 1.19 bits per heavy atom. The van der Waals surface area contributed by atoms with Gasteiger partial charge in [0.25, 0.3) is 0 Å². The third kappa shape index (κ3) is 5.23. The van der Waals surface area contributed by atoms with Crippen molar-refractivity contribution in [2.75, 3.05) is 26.8 Å². The Balaban J connectivity index is 1.79. The molecule has 1 aromatic rings. The Morgan fingerprint density at radius 3 is 2.81 bits per heavy atom. The van der Waals surface area contributed by atoms with E-state index in [4.69, 9.17) is 9.47 Å². The van der Waals surface area contributed by atoms with Gasteiger partial charge >= 0.3 is 0 Å². The highest BCUT2D eigenvalue weighted by molar-refractivity contribution is 5.93. The molecule has 1 heterocycles. The van der Waals surface area contributed by atoms with Crippen LogP contribution < -0.4 is 14.8 Å². The van der Waals surface area contributed by atoms with Crippen molar-refractivity contribution in [2.24, 2.45) is 0 Å². The summed E-state index contributed by atoms with van der Waals surface area (Å²) in [5.41, 5.74) is 0.961. The Kier molecular flexibility index (Phi) is 6.28. The second-order valence-corrected chi connectivity index (χ2v) is 5.12. The molecule has 0 fully saturated rings. The predicted molar refractivity (Wildman–Crippen MR) is 83.9 cm³/mol. The monoisotopic (exact) mass is 289 g/mol. The summed E-state index contributed by atoms with van der Waals surface area (Å²) < 4.78 is 11.0. The fraction of sp³-hybridized carbons (Fsp3) is 0.471. The molecule has 1 aromatic carbocycles. The summed E-state index contributed by atoms with van der Waals surface area (Å²) in [6.07, 6.45) is 7.27. The average molecular weight is 289 g/mol. The lowest BCUT2D eigenvalue weighted by Crippen LogP contribution is -2.15. The predicted octanol–water partition coefficient (Wildman–Crippen LogP) is 2.82. The van der Waals surface area contributed by atoms with E-state index in [9.17, 15) is 4.79 Å². The summed E-state index contributed by atoms with van der Waals surface area (Å²) in [6.45, 7) is 2.18. The van der Waals surface area contributed by atoms with Gasteiger partial charge in [-0.2, -0.15) is 0 Å². The van der Waals surface area contributed by atoms with Crippen molar-refractivity contribution in [3.05, 3.63) is 29.8 Å². The van der Waals surface area contributed by atoms with Crippen LogP contribution in [0, 0.1) is 0 Å². The number of carbonyl (C=O) groups excluding carboxylic acids is 1. The first-order chi connectivity index (χ1) is 10.3. The van der Waals surface area contributed by atoms with E-state index < -0.39 is 0 Å². The maximum atomic E-state index is 11.8. The molecule has 0 saturated heterocycles. The summed E-state index contributed by atoms with van der Waals surface area (Å²) in [6, 6.07) is 5.73. The van der Waals surface area contributed by atoms with Crippen LogP contribution in [-0.2, 0) is 4.79 Å². The lowest BCUT2D eigenvalue weighted by atomic mass is 10.1. The van der Waals surface area contributed by atoms with Gasteiger partial charge in [-0.15, -0.1) is 0 Å². The van der Waals surface area contributed by atoms with Gasteiger partial charge in [0.15, 0.2) is 17.3 Å². The fourth-order valence-electron chi connectivity index (χ4n) is 2.21. The molecule has 0 aliphatic carbocycles. The van der Waals surface area contributed by atoms with Crippen LogP contribution in [-0.4, -0.2) is 32.6 Å². The molecule has 0 unspecified atom stereocenters. The minimum absolute atomic E-state index is 0.175. The number of benzene rings is 1. The van der Waals surface area contributed by atoms with Crippen LogP contribution in [0.4, 0.5) is 0 Å². The van der Waals surface area contributed by atoms with Crippen LogP contribution in [0.3, 0.4) is 0 Å². The molecule has 0 saturated carbocycles. The van der Waals surface area contributed by atoms with Crippen LogP contribution in [0.2, 0.25) is 0 Å². The SMILES string of the molecule is CNCCCCCC(=O)/C=C/c1ccc2c(c1)OCCO2. The molecule has 0 bridgehead atoms. The Morgan fingerprint density at radius 2 is 2.00 bits per heavy atom. The summed E-state index contributed by atoms with van der Waals surface area (Å²) in [5.74, 6) is 1.70. The van der Waals surface area contributed by atoms with Crippen LogP contribution in [0.1, 0.15) is 31.2 Å². The number of ether oxygens (including phenoxy) is 2. The largest absolute Gasteiger partial charge is 0.486 e. The zero-order valence-electron chi connectivity index (χ0n) is 12.6. The first-order valence-corrected chi connectivity index (χ1v) is 7.55.